The zero-order valence-corrected chi connectivity index (χ0v) is 11.9. The van der Waals surface area contributed by atoms with Crippen LogP contribution in [0.15, 0.2) is 48.5 Å². The van der Waals surface area contributed by atoms with E-state index in [4.69, 9.17) is 0 Å². The van der Waals surface area contributed by atoms with E-state index >= 15 is 0 Å². The molecular weight excluding hydrogens is 230 g/mol. The predicted octanol–water partition coefficient (Wildman–Crippen LogP) is 4.95. The molecule has 0 amide bonds. The van der Waals surface area contributed by atoms with Crippen LogP contribution in [-0.4, -0.2) is 0 Å². The van der Waals surface area contributed by atoms with Gasteiger partial charge in [0.15, 0.2) is 0 Å². The number of hydrogen-bond acceptors (Lipinski definition) is 1. The Bertz CT molecular complexity index is 499. The van der Waals surface area contributed by atoms with Crippen LogP contribution in [0.3, 0.4) is 0 Å². The van der Waals surface area contributed by atoms with Gasteiger partial charge in [-0.25, -0.2) is 0 Å². The standard InChI is InChI=1S/C18H23N/c1-3-4-7-16-9-11-17(12-10-16)14-19-18-8-5-6-15(2)13-18/h5-6,8-13,19H,3-4,7,14H2,1-2H3. The van der Waals surface area contributed by atoms with Crippen LogP contribution in [-0.2, 0) is 13.0 Å². The van der Waals surface area contributed by atoms with Gasteiger partial charge in [-0.3, -0.25) is 0 Å². The fourth-order valence-corrected chi connectivity index (χ4v) is 2.16. The molecule has 0 saturated carbocycles. The second-order valence-corrected chi connectivity index (χ2v) is 5.14. The highest BCUT2D eigenvalue weighted by Crippen LogP contribution is 2.12. The number of unbranched alkanes of at least 4 members (excludes halogenated alkanes) is 1. The summed E-state index contributed by atoms with van der Waals surface area (Å²) in [5, 5.41) is 3.46. The minimum Gasteiger partial charge on any atom is -0.381 e. The maximum absolute atomic E-state index is 3.46. The highest BCUT2D eigenvalue weighted by atomic mass is 14.9. The Labute approximate surface area is 116 Å². The quantitative estimate of drug-likeness (QED) is 0.768. The molecule has 0 aromatic heterocycles. The first-order chi connectivity index (χ1) is 9.28. The normalized spacial score (nSPS) is 10.4. The average Bonchev–Trinajstić information content (AvgIpc) is 2.44. The second-order valence-electron chi connectivity index (χ2n) is 5.14. The van der Waals surface area contributed by atoms with Crippen LogP contribution in [0.4, 0.5) is 5.69 Å². The van der Waals surface area contributed by atoms with Gasteiger partial charge in [0.25, 0.3) is 0 Å². The fourth-order valence-electron chi connectivity index (χ4n) is 2.16. The smallest absolute Gasteiger partial charge is 0.0400 e. The van der Waals surface area contributed by atoms with Gasteiger partial charge in [-0.1, -0.05) is 49.7 Å². The van der Waals surface area contributed by atoms with E-state index in [0.29, 0.717) is 0 Å². The number of nitrogens with one attached hydrogen (secondary N) is 1. The van der Waals surface area contributed by atoms with Crippen molar-refractivity contribution in [3.05, 3.63) is 65.2 Å². The zero-order valence-electron chi connectivity index (χ0n) is 11.9. The first kappa shape index (κ1) is 13.7. The van der Waals surface area contributed by atoms with Crippen molar-refractivity contribution in [2.24, 2.45) is 0 Å². The van der Waals surface area contributed by atoms with Gasteiger partial charge in [0.05, 0.1) is 0 Å². The molecule has 2 rings (SSSR count). The summed E-state index contributed by atoms with van der Waals surface area (Å²) >= 11 is 0. The van der Waals surface area contributed by atoms with Crippen molar-refractivity contribution in [1.82, 2.24) is 0 Å². The third-order valence-electron chi connectivity index (χ3n) is 3.36. The molecular formula is C18H23N. The predicted molar refractivity (Wildman–Crippen MR) is 83.6 cm³/mol. The number of rotatable bonds is 6. The molecule has 0 aliphatic carbocycles. The first-order valence-electron chi connectivity index (χ1n) is 7.16. The maximum atomic E-state index is 3.46. The lowest BCUT2D eigenvalue weighted by Crippen LogP contribution is -1.99. The molecule has 0 bridgehead atoms. The van der Waals surface area contributed by atoms with Crippen LogP contribution >= 0.6 is 0 Å². The molecule has 0 atom stereocenters. The van der Waals surface area contributed by atoms with Gasteiger partial charge in [-0.05, 0) is 48.6 Å². The van der Waals surface area contributed by atoms with Gasteiger partial charge in [-0.15, -0.1) is 0 Å². The molecule has 100 valence electrons. The highest BCUT2D eigenvalue weighted by Gasteiger charge is 1.96. The lowest BCUT2D eigenvalue weighted by atomic mass is 10.1. The number of benzene rings is 2. The minimum atomic E-state index is 0.886. The Morgan fingerprint density at radius 3 is 2.37 bits per heavy atom. The summed E-state index contributed by atoms with van der Waals surface area (Å²) in [5.74, 6) is 0. The van der Waals surface area contributed by atoms with Crippen LogP contribution < -0.4 is 5.32 Å². The summed E-state index contributed by atoms with van der Waals surface area (Å²) in [6, 6.07) is 17.5. The van der Waals surface area contributed by atoms with Crippen molar-refractivity contribution in [3.8, 4) is 0 Å². The SMILES string of the molecule is CCCCc1ccc(CNc2cccc(C)c2)cc1. The second kappa shape index (κ2) is 6.98. The molecule has 0 unspecified atom stereocenters. The maximum Gasteiger partial charge on any atom is 0.0400 e. The Kier molecular flexibility index (Phi) is 5.02. The first-order valence-corrected chi connectivity index (χ1v) is 7.16. The molecule has 1 heteroatoms. The van der Waals surface area contributed by atoms with Gasteiger partial charge in [0, 0.05) is 12.2 Å². The molecule has 0 spiro atoms. The molecule has 0 fully saturated rings. The minimum absolute atomic E-state index is 0.886. The van der Waals surface area contributed by atoms with Crippen LogP contribution in [0.25, 0.3) is 0 Å². The van der Waals surface area contributed by atoms with E-state index in [1.807, 2.05) is 0 Å². The van der Waals surface area contributed by atoms with E-state index < -0.39 is 0 Å². The van der Waals surface area contributed by atoms with Crippen molar-refractivity contribution in [2.75, 3.05) is 5.32 Å². The number of hydrogen-bond donors (Lipinski definition) is 1. The summed E-state index contributed by atoms with van der Waals surface area (Å²) in [7, 11) is 0. The largest absolute Gasteiger partial charge is 0.381 e. The molecule has 19 heavy (non-hydrogen) atoms. The summed E-state index contributed by atoms with van der Waals surface area (Å²) in [6.45, 7) is 5.24. The molecule has 0 saturated heterocycles. The van der Waals surface area contributed by atoms with Crippen LogP contribution in [0, 0.1) is 6.92 Å². The Morgan fingerprint density at radius 1 is 0.947 bits per heavy atom. The highest BCUT2D eigenvalue weighted by molar-refractivity contribution is 5.46. The van der Waals surface area contributed by atoms with Crippen molar-refractivity contribution in [1.29, 1.82) is 0 Å². The lowest BCUT2D eigenvalue weighted by Gasteiger charge is -2.08. The van der Waals surface area contributed by atoms with Crippen LogP contribution in [0.1, 0.15) is 36.5 Å². The van der Waals surface area contributed by atoms with Gasteiger partial charge < -0.3 is 5.32 Å². The van der Waals surface area contributed by atoms with Gasteiger partial charge in [-0.2, -0.15) is 0 Å². The Hall–Kier alpha value is -1.76. The van der Waals surface area contributed by atoms with Crippen molar-refractivity contribution >= 4 is 5.69 Å². The summed E-state index contributed by atoms with van der Waals surface area (Å²) in [4.78, 5) is 0. The van der Waals surface area contributed by atoms with Crippen molar-refractivity contribution in [2.45, 2.75) is 39.7 Å². The fraction of sp³-hybridized carbons (Fsp3) is 0.333. The monoisotopic (exact) mass is 253 g/mol. The zero-order chi connectivity index (χ0) is 13.5. The van der Waals surface area contributed by atoms with E-state index in [1.54, 1.807) is 0 Å². The van der Waals surface area contributed by atoms with Gasteiger partial charge in [0.1, 0.15) is 0 Å². The van der Waals surface area contributed by atoms with E-state index in [2.05, 4.69) is 67.7 Å². The van der Waals surface area contributed by atoms with E-state index in [1.165, 1.54) is 41.6 Å². The molecule has 0 aliphatic heterocycles. The van der Waals surface area contributed by atoms with Crippen LogP contribution in [0.5, 0.6) is 0 Å². The topological polar surface area (TPSA) is 12.0 Å². The van der Waals surface area contributed by atoms with E-state index in [0.717, 1.165) is 6.54 Å². The van der Waals surface area contributed by atoms with E-state index in [-0.39, 0.29) is 0 Å². The summed E-state index contributed by atoms with van der Waals surface area (Å²) in [6.07, 6.45) is 3.74. The molecule has 1 nitrogen and oxygen atoms in total. The van der Waals surface area contributed by atoms with Crippen molar-refractivity contribution in [3.63, 3.8) is 0 Å². The number of anilines is 1. The number of aryl methyl sites for hydroxylation is 2. The molecule has 0 aliphatic rings. The molecule has 1 N–H and O–H groups in total. The van der Waals surface area contributed by atoms with Gasteiger partial charge >= 0.3 is 0 Å². The van der Waals surface area contributed by atoms with Gasteiger partial charge in [0.2, 0.25) is 0 Å². The third kappa shape index (κ3) is 4.44. The van der Waals surface area contributed by atoms with Crippen molar-refractivity contribution < 1.29 is 0 Å². The summed E-state index contributed by atoms with van der Waals surface area (Å²) in [5.41, 5.74) is 5.26. The van der Waals surface area contributed by atoms with Crippen LogP contribution in [0.2, 0.25) is 0 Å². The Morgan fingerprint density at radius 2 is 1.68 bits per heavy atom. The molecule has 2 aromatic carbocycles. The lowest BCUT2D eigenvalue weighted by molar-refractivity contribution is 0.794. The molecule has 2 aromatic rings. The summed E-state index contributed by atoms with van der Waals surface area (Å²) < 4.78 is 0. The molecule has 0 radical (unpaired) electrons. The average molecular weight is 253 g/mol. The van der Waals surface area contributed by atoms with E-state index in [9.17, 15) is 0 Å². The third-order valence-corrected chi connectivity index (χ3v) is 3.36. The Balaban J connectivity index is 1.89. The molecule has 0 heterocycles.